The van der Waals surface area contributed by atoms with Gasteiger partial charge in [-0.05, 0) is 48.0 Å². The minimum absolute atomic E-state index is 0.184. The minimum Gasteiger partial charge on any atom is -0.383 e. The predicted octanol–water partition coefficient (Wildman–Crippen LogP) is 3.57. The van der Waals surface area contributed by atoms with Crippen molar-refractivity contribution < 1.29 is 21.8 Å². The molecule has 0 unspecified atom stereocenters. The summed E-state index contributed by atoms with van der Waals surface area (Å²) in [5.41, 5.74) is 1.18. The highest BCUT2D eigenvalue weighted by molar-refractivity contribution is 8.27. The molecular formula is C17H12FNO4S3. The first-order valence-corrected chi connectivity index (χ1v) is 10.3. The highest BCUT2D eigenvalue weighted by Gasteiger charge is 2.33. The number of carbonyl (C=O) groups is 1. The molecule has 0 N–H and O–H groups in total. The Hall–Kier alpha value is -2.23. The topological polar surface area (TPSA) is 63.7 Å². The molecule has 1 aliphatic heterocycles. The number of hydrogen-bond acceptors (Lipinski definition) is 6. The highest BCUT2D eigenvalue weighted by atomic mass is 32.2. The van der Waals surface area contributed by atoms with E-state index in [-0.39, 0.29) is 11.7 Å². The quantitative estimate of drug-likeness (QED) is 0.437. The van der Waals surface area contributed by atoms with E-state index < -0.39 is 15.9 Å². The zero-order valence-corrected chi connectivity index (χ0v) is 15.8. The summed E-state index contributed by atoms with van der Waals surface area (Å²) >= 11 is 6.39. The molecular weight excluding hydrogens is 397 g/mol. The maximum Gasteiger partial charge on any atom is 0.306 e. The number of amides is 1. The van der Waals surface area contributed by atoms with E-state index in [4.69, 9.17) is 16.4 Å². The Morgan fingerprint density at radius 1 is 1.12 bits per heavy atom. The van der Waals surface area contributed by atoms with Gasteiger partial charge in [-0.3, -0.25) is 9.69 Å². The van der Waals surface area contributed by atoms with Crippen LogP contribution in [0.25, 0.3) is 6.08 Å². The maximum absolute atomic E-state index is 13.1. The third-order valence-corrected chi connectivity index (χ3v) is 5.10. The Morgan fingerprint density at radius 2 is 1.73 bits per heavy atom. The molecule has 2 aromatic carbocycles. The number of rotatable bonds is 4. The lowest BCUT2D eigenvalue weighted by Gasteiger charge is -2.14. The molecule has 1 heterocycles. The SMILES string of the molecule is CS(=O)(=O)Oc1ccc(/C=C2\SC(=S)N(c3ccc(F)cc3)C2=O)cc1. The van der Waals surface area contributed by atoms with Gasteiger partial charge in [0.25, 0.3) is 5.91 Å². The maximum atomic E-state index is 13.1. The van der Waals surface area contributed by atoms with E-state index in [1.165, 1.54) is 41.3 Å². The van der Waals surface area contributed by atoms with Crippen LogP contribution in [-0.4, -0.2) is 24.9 Å². The summed E-state index contributed by atoms with van der Waals surface area (Å²) in [5.74, 6) is -0.516. The van der Waals surface area contributed by atoms with Crippen LogP contribution in [0.4, 0.5) is 10.1 Å². The predicted molar refractivity (Wildman–Crippen MR) is 104 cm³/mol. The zero-order chi connectivity index (χ0) is 18.9. The molecule has 134 valence electrons. The first-order valence-electron chi connectivity index (χ1n) is 7.26. The van der Waals surface area contributed by atoms with E-state index in [9.17, 15) is 17.6 Å². The van der Waals surface area contributed by atoms with Gasteiger partial charge in [-0.1, -0.05) is 36.1 Å². The van der Waals surface area contributed by atoms with Crippen molar-refractivity contribution in [2.24, 2.45) is 0 Å². The fourth-order valence-electron chi connectivity index (χ4n) is 2.23. The number of anilines is 1. The van der Waals surface area contributed by atoms with E-state index in [1.54, 1.807) is 18.2 Å². The van der Waals surface area contributed by atoms with Gasteiger partial charge in [0, 0.05) is 0 Å². The van der Waals surface area contributed by atoms with Gasteiger partial charge in [0.05, 0.1) is 16.8 Å². The van der Waals surface area contributed by atoms with Crippen LogP contribution in [0.1, 0.15) is 5.56 Å². The number of benzene rings is 2. The minimum atomic E-state index is -3.59. The first-order chi connectivity index (χ1) is 12.2. The number of carbonyl (C=O) groups excluding carboxylic acids is 1. The van der Waals surface area contributed by atoms with Crippen LogP contribution in [-0.2, 0) is 14.9 Å². The molecule has 2 aromatic rings. The van der Waals surface area contributed by atoms with E-state index in [0.717, 1.165) is 18.0 Å². The van der Waals surface area contributed by atoms with Gasteiger partial charge in [0.1, 0.15) is 11.6 Å². The molecule has 9 heteroatoms. The molecule has 1 saturated heterocycles. The van der Waals surface area contributed by atoms with Crippen LogP contribution in [0.2, 0.25) is 0 Å². The van der Waals surface area contributed by atoms with Gasteiger partial charge >= 0.3 is 10.1 Å². The second kappa shape index (κ2) is 7.18. The van der Waals surface area contributed by atoms with Gasteiger partial charge in [0.15, 0.2) is 4.32 Å². The molecule has 0 spiro atoms. The third-order valence-electron chi connectivity index (χ3n) is 3.30. The lowest BCUT2D eigenvalue weighted by atomic mass is 10.2. The average molecular weight is 409 g/mol. The summed E-state index contributed by atoms with van der Waals surface area (Å²) < 4.78 is 40.4. The molecule has 0 bridgehead atoms. The average Bonchev–Trinajstić information content (AvgIpc) is 2.83. The van der Waals surface area contributed by atoms with E-state index >= 15 is 0 Å². The van der Waals surface area contributed by atoms with Crippen LogP contribution >= 0.6 is 24.0 Å². The number of thioether (sulfide) groups is 1. The van der Waals surface area contributed by atoms with Gasteiger partial charge in [-0.2, -0.15) is 8.42 Å². The summed E-state index contributed by atoms with van der Waals surface area (Å²) in [6.07, 6.45) is 2.61. The summed E-state index contributed by atoms with van der Waals surface area (Å²) in [5, 5.41) is 0. The molecule has 3 rings (SSSR count). The number of nitrogens with zero attached hydrogens (tertiary/aromatic N) is 1. The fourth-order valence-corrected chi connectivity index (χ4v) is 3.99. The lowest BCUT2D eigenvalue weighted by Crippen LogP contribution is -2.27. The van der Waals surface area contributed by atoms with Gasteiger partial charge in [-0.25, -0.2) is 4.39 Å². The summed E-state index contributed by atoms with van der Waals surface area (Å²) in [7, 11) is -3.59. The summed E-state index contributed by atoms with van der Waals surface area (Å²) in [4.78, 5) is 14.4. The van der Waals surface area contributed by atoms with Crippen LogP contribution in [0.15, 0.2) is 53.4 Å². The second-order valence-corrected chi connectivity index (χ2v) is 8.60. The lowest BCUT2D eigenvalue weighted by molar-refractivity contribution is -0.113. The molecule has 0 saturated carbocycles. The van der Waals surface area contributed by atoms with Crippen LogP contribution < -0.4 is 9.08 Å². The Bertz CT molecular complexity index is 999. The van der Waals surface area contributed by atoms with Crippen molar-refractivity contribution in [1.29, 1.82) is 0 Å². The Morgan fingerprint density at radius 3 is 2.31 bits per heavy atom. The van der Waals surface area contributed by atoms with Gasteiger partial charge < -0.3 is 4.18 Å². The smallest absolute Gasteiger partial charge is 0.306 e. The Labute approximate surface area is 159 Å². The molecule has 0 radical (unpaired) electrons. The molecule has 1 aliphatic rings. The fraction of sp³-hybridized carbons (Fsp3) is 0.0588. The largest absolute Gasteiger partial charge is 0.383 e. The van der Waals surface area contributed by atoms with Gasteiger partial charge in [0.2, 0.25) is 0 Å². The van der Waals surface area contributed by atoms with Crippen molar-refractivity contribution in [2.75, 3.05) is 11.2 Å². The first kappa shape index (κ1) is 18.6. The normalized spacial score (nSPS) is 16.4. The van der Waals surface area contributed by atoms with Crippen LogP contribution in [0.3, 0.4) is 0 Å². The Kier molecular flexibility index (Phi) is 5.12. The Balaban J connectivity index is 1.82. The van der Waals surface area contributed by atoms with Crippen LogP contribution in [0, 0.1) is 5.82 Å². The van der Waals surface area contributed by atoms with Crippen molar-refractivity contribution in [3.63, 3.8) is 0 Å². The van der Waals surface area contributed by atoms with Crippen molar-refractivity contribution in [3.8, 4) is 5.75 Å². The summed E-state index contributed by atoms with van der Waals surface area (Å²) in [6.45, 7) is 0. The third kappa shape index (κ3) is 4.29. The van der Waals surface area contributed by atoms with E-state index in [1.807, 2.05) is 0 Å². The van der Waals surface area contributed by atoms with Crippen molar-refractivity contribution in [3.05, 3.63) is 64.8 Å². The van der Waals surface area contributed by atoms with Crippen LogP contribution in [0.5, 0.6) is 5.75 Å². The summed E-state index contributed by atoms with van der Waals surface area (Å²) in [6, 6.07) is 11.7. The standard InChI is InChI=1S/C17H12FNO4S3/c1-26(21,22)23-14-8-2-11(3-9-14)10-15-16(20)19(17(24)25-15)13-6-4-12(18)5-7-13/h2-10H,1H3/b15-10-. The van der Waals surface area contributed by atoms with Gasteiger partial charge in [-0.15, -0.1) is 0 Å². The number of hydrogen-bond donors (Lipinski definition) is 0. The second-order valence-electron chi connectivity index (χ2n) is 5.35. The van der Waals surface area contributed by atoms with Crippen molar-refractivity contribution >= 4 is 56.1 Å². The molecule has 1 fully saturated rings. The molecule has 1 amide bonds. The molecule has 0 aromatic heterocycles. The highest BCUT2D eigenvalue weighted by Crippen LogP contribution is 2.36. The molecule has 5 nitrogen and oxygen atoms in total. The van der Waals surface area contributed by atoms with E-state index in [0.29, 0.717) is 20.5 Å². The molecule has 0 aliphatic carbocycles. The number of thiocarbonyl (C=S) groups is 1. The number of halogens is 1. The van der Waals surface area contributed by atoms with Crippen molar-refractivity contribution in [2.45, 2.75) is 0 Å². The molecule has 0 atom stereocenters. The monoisotopic (exact) mass is 409 g/mol. The zero-order valence-electron chi connectivity index (χ0n) is 13.4. The molecule has 26 heavy (non-hydrogen) atoms. The van der Waals surface area contributed by atoms with E-state index in [2.05, 4.69) is 0 Å². The van der Waals surface area contributed by atoms with Crippen molar-refractivity contribution in [1.82, 2.24) is 0 Å².